The highest BCUT2D eigenvalue weighted by molar-refractivity contribution is 5.32. The van der Waals surface area contributed by atoms with Gasteiger partial charge in [0.15, 0.2) is 0 Å². The van der Waals surface area contributed by atoms with Crippen molar-refractivity contribution in [3.05, 3.63) is 34.9 Å². The minimum atomic E-state index is 0.974. The zero-order valence-corrected chi connectivity index (χ0v) is 10.8. The van der Waals surface area contributed by atoms with E-state index < -0.39 is 0 Å². The molecule has 0 saturated carbocycles. The van der Waals surface area contributed by atoms with Crippen LogP contribution in [0, 0.1) is 13.8 Å². The van der Waals surface area contributed by atoms with Gasteiger partial charge in [0.25, 0.3) is 0 Å². The van der Waals surface area contributed by atoms with Gasteiger partial charge in [0, 0.05) is 19.6 Å². The van der Waals surface area contributed by atoms with Crippen LogP contribution in [0.2, 0.25) is 0 Å². The maximum atomic E-state index is 3.47. The lowest BCUT2D eigenvalue weighted by Crippen LogP contribution is -2.27. The van der Waals surface area contributed by atoms with Crippen LogP contribution < -0.4 is 10.6 Å². The molecule has 0 saturated heterocycles. The van der Waals surface area contributed by atoms with E-state index in [9.17, 15) is 0 Å². The van der Waals surface area contributed by atoms with Gasteiger partial charge >= 0.3 is 0 Å². The van der Waals surface area contributed by atoms with Crippen molar-refractivity contribution < 1.29 is 0 Å². The molecular weight excluding hydrogens is 196 g/mol. The summed E-state index contributed by atoms with van der Waals surface area (Å²) in [6.45, 7) is 10.7. The molecule has 2 heteroatoms. The topological polar surface area (TPSA) is 24.1 Å². The average Bonchev–Trinajstić information content (AvgIpc) is 2.29. The first kappa shape index (κ1) is 13.2. The minimum Gasteiger partial charge on any atom is -0.315 e. The molecular formula is C14H24N2. The highest BCUT2D eigenvalue weighted by Gasteiger charge is 1.99. The van der Waals surface area contributed by atoms with Gasteiger partial charge in [0.1, 0.15) is 0 Å². The van der Waals surface area contributed by atoms with Gasteiger partial charge in [0.05, 0.1) is 0 Å². The Morgan fingerprint density at radius 2 is 1.75 bits per heavy atom. The maximum absolute atomic E-state index is 3.47. The first-order valence-corrected chi connectivity index (χ1v) is 6.22. The van der Waals surface area contributed by atoms with Crippen LogP contribution in [-0.4, -0.2) is 19.6 Å². The predicted molar refractivity (Wildman–Crippen MR) is 70.8 cm³/mol. The lowest BCUT2D eigenvalue weighted by Gasteiger charge is -2.10. The summed E-state index contributed by atoms with van der Waals surface area (Å²) in [7, 11) is 0. The van der Waals surface area contributed by atoms with Crippen molar-refractivity contribution in [1.82, 2.24) is 10.6 Å². The third-order valence-corrected chi connectivity index (χ3v) is 2.94. The van der Waals surface area contributed by atoms with Gasteiger partial charge in [-0.25, -0.2) is 0 Å². The van der Waals surface area contributed by atoms with Crippen molar-refractivity contribution in [2.24, 2.45) is 0 Å². The van der Waals surface area contributed by atoms with Crippen molar-refractivity contribution in [2.75, 3.05) is 19.6 Å². The molecule has 0 aliphatic heterocycles. The van der Waals surface area contributed by atoms with Crippen molar-refractivity contribution in [3.63, 3.8) is 0 Å². The molecule has 0 atom stereocenters. The highest BCUT2D eigenvalue weighted by atomic mass is 14.9. The fraction of sp³-hybridized carbons (Fsp3) is 0.571. The van der Waals surface area contributed by atoms with E-state index in [0.29, 0.717) is 0 Å². The standard InChI is InChI=1S/C14H24N2/c1-4-8-15-9-10-16-11-14-7-5-6-12(2)13(14)3/h5-7,15-16H,4,8-11H2,1-3H3. The smallest absolute Gasteiger partial charge is 0.0208 e. The van der Waals surface area contributed by atoms with Crippen LogP contribution >= 0.6 is 0 Å². The second-order valence-electron chi connectivity index (χ2n) is 4.29. The van der Waals surface area contributed by atoms with Crippen molar-refractivity contribution in [3.8, 4) is 0 Å². The van der Waals surface area contributed by atoms with Crippen molar-refractivity contribution in [1.29, 1.82) is 0 Å². The van der Waals surface area contributed by atoms with Crippen LogP contribution in [0.5, 0.6) is 0 Å². The summed E-state index contributed by atoms with van der Waals surface area (Å²) in [4.78, 5) is 0. The molecule has 0 heterocycles. The molecule has 0 bridgehead atoms. The number of benzene rings is 1. The van der Waals surface area contributed by atoms with Crippen LogP contribution in [0.25, 0.3) is 0 Å². The van der Waals surface area contributed by atoms with E-state index in [0.717, 1.165) is 26.2 Å². The van der Waals surface area contributed by atoms with Gasteiger partial charge in [-0.05, 0) is 43.5 Å². The average molecular weight is 220 g/mol. The summed E-state index contributed by atoms with van der Waals surface area (Å²) in [6, 6.07) is 6.51. The van der Waals surface area contributed by atoms with Crippen LogP contribution in [0.1, 0.15) is 30.0 Å². The molecule has 2 nitrogen and oxygen atoms in total. The quantitative estimate of drug-likeness (QED) is 0.690. The maximum Gasteiger partial charge on any atom is 0.0208 e. The van der Waals surface area contributed by atoms with E-state index in [2.05, 4.69) is 49.6 Å². The number of rotatable bonds is 7. The van der Waals surface area contributed by atoms with Crippen molar-refractivity contribution >= 4 is 0 Å². The van der Waals surface area contributed by atoms with E-state index in [1.807, 2.05) is 0 Å². The zero-order valence-electron chi connectivity index (χ0n) is 10.8. The predicted octanol–water partition coefficient (Wildman–Crippen LogP) is 2.39. The first-order valence-electron chi connectivity index (χ1n) is 6.22. The summed E-state index contributed by atoms with van der Waals surface area (Å²) in [5.74, 6) is 0. The molecule has 90 valence electrons. The van der Waals surface area contributed by atoms with Gasteiger partial charge in [-0.3, -0.25) is 0 Å². The molecule has 1 aromatic carbocycles. The Morgan fingerprint density at radius 3 is 2.50 bits per heavy atom. The Labute approximate surface area is 99.5 Å². The Balaban J connectivity index is 2.24. The van der Waals surface area contributed by atoms with E-state index in [1.54, 1.807) is 0 Å². The van der Waals surface area contributed by atoms with Gasteiger partial charge in [-0.1, -0.05) is 25.1 Å². The van der Waals surface area contributed by atoms with E-state index in [-0.39, 0.29) is 0 Å². The van der Waals surface area contributed by atoms with E-state index in [4.69, 9.17) is 0 Å². The van der Waals surface area contributed by atoms with Crippen LogP contribution in [-0.2, 0) is 6.54 Å². The second-order valence-corrected chi connectivity index (χ2v) is 4.29. The van der Waals surface area contributed by atoms with Gasteiger partial charge in [0.2, 0.25) is 0 Å². The van der Waals surface area contributed by atoms with E-state index >= 15 is 0 Å². The molecule has 0 aliphatic rings. The number of hydrogen-bond donors (Lipinski definition) is 2. The summed E-state index contributed by atoms with van der Waals surface area (Å²) in [5, 5.41) is 6.85. The van der Waals surface area contributed by atoms with Crippen LogP contribution in [0.15, 0.2) is 18.2 Å². The molecule has 16 heavy (non-hydrogen) atoms. The van der Waals surface area contributed by atoms with E-state index in [1.165, 1.54) is 23.1 Å². The normalized spacial score (nSPS) is 10.7. The monoisotopic (exact) mass is 220 g/mol. The fourth-order valence-corrected chi connectivity index (χ4v) is 1.70. The third kappa shape index (κ3) is 4.33. The summed E-state index contributed by atoms with van der Waals surface area (Å²) >= 11 is 0. The van der Waals surface area contributed by atoms with Crippen molar-refractivity contribution in [2.45, 2.75) is 33.7 Å². The molecule has 0 unspecified atom stereocenters. The second kappa shape index (κ2) is 7.42. The van der Waals surface area contributed by atoms with Gasteiger partial charge in [-0.2, -0.15) is 0 Å². The van der Waals surface area contributed by atoms with Crippen LogP contribution in [0.3, 0.4) is 0 Å². The molecule has 0 amide bonds. The lowest BCUT2D eigenvalue weighted by molar-refractivity contribution is 0.606. The molecule has 0 fully saturated rings. The highest BCUT2D eigenvalue weighted by Crippen LogP contribution is 2.11. The Kier molecular flexibility index (Phi) is 6.12. The Hall–Kier alpha value is -0.860. The zero-order chi connectivity index (χ0) is 11.8. The summed E-state index contributed by atoms with van der Waals surface area (Å²) in [6.07, 6.45) is 1.21. The molecule has 0 spiro atoms. The molecule has 0 radical (unpaired) electrons. The number of aryl methyl sites for hydroxylation is 1. The SMILES string of the molecule is CCCNCCNCc1cccc(C)c1C. The Morgan fingerprint density at radius 1 is 1.00 bits per heavy atom. The fourth-order valence-electron chi connectivity index (χ4n) is 1.70. The molecule has 0 aliphatic carbocycles. The summed E-state index contributed by atoms with van der Waals surface area (Å²) in [5.41, 5.74) is 4.20. The van der Waals surface area contributed by atoms with Gasteiger partial charge < -0.3 is 10.6 Å². The largest absolute Gasteiger partial charge is 0.315 e. The Bertz CT molecular complexity index is 308. The minimum absolute atomic E-state index is 0.974. The number of nitrogens with one attached hydrogen (secondary N) is 2. The number of hydrogen-bond acceptors (Lipinski definition) is 2. The first-order chi connectivity index (χ1) is 7.75. The molecule has 2 N–H and O–H groups in total. The molecule has 0 aromatic heterocycles. The third-order valence-electron chi connectivity index (χ3n) is 2.94. The lowest BCUT2D eigenvalue weighted by atomic mass is 10.0. The van der Waals surface area contributed by atoms with Crippen LogP contribution in [0.4, 0.5) is 0 Å². The van der Waals surface area contributed by atoms with Gasteiger partial charge in [-0.15, -0.1) is 0 Å². The molecule has 1 aromatic rings. The molecule has 1 rings (SSSR count). The summed E-state index contributed by atoms with van der Waals surface area (Å²) < 4.78 is 0.